The van der Waals surface area contributed by atoms with Crippen LogP contribution in [0.2, 0.25) is 0 Å². The summed E-state index contributed by atoms with van der Waals surface area (Å²) in [6.07, 6.45) is 0.656. The van der Waals surface area contributed by atoms with Crippen molar-refractivity contribution in [3.05, 3.63) is 29.8 Å². The highest BCUT2D eigenvalue weighted by molar-refractivity contribution is 8.02. The number of carbonyl (C=O) groups excluding carboxylic acids is 1. The van der Waals surface area contributed by atoms with Crippen molar-refractivity contribution in [3.8, 4) is 0 Å². The maximum Gasteiger partial charge on any atom is 0.234 e. The Labute approximate surface area is 130 Å². The second-order valence-corrected chi connectivity index (χ2v) is 9.18. The van der Waals surface area contributed by atoms with Gasteiger partial charge in [-0.25, -0.2) is 8.42 Å². The topological polar surface area (TPSA) is 63.2 Å². The van der Waals surface area contributed by atoms with Gasteiger partial charge in [0.15, 0.2) is 9.84 Å². The molecule has 21 heavy (non-hydrogen) atoms. The van der Waals surface area contributed by atoms with E-state index in [2.05, 4.69) is 19.2 Å². The molecule has 1 amide bonds. The van der Waals surface area contributed by atoms with E-state index in [9.17, 15) is 13.2 Å². The molecule has 0 radical (unpaired) electrons. The smallest absolute Gasteiger partial charge is 0.234 e. The fourth-order valence-electron chi connectivity index (χ4n) is 2.23. The molecule has 1 fully saturated rings. The summed E-state index contributed by atoms with van der Waals surface area (Å²) in [4.78, 5) is 11.9. The largest absolute Gasteiger partial charge is 0.325 e. The van der Waals surface area contributed by atoms with Crippen LogP contribution in [-0.2, 0) is 14.6 Å². The van der Waals surface area contributed by atoms with Gasteiger partial charge in [-0.2, -0.15) is 0 Å². The normalized spacial score (nSPS) is 20.6. The predicted molar refractivity (Wildman–Crippen MR) is 88.7 cm³/mol. The van der Waals surface area contributed by atoms with Gasteiger partial charge in [-0.05, 0) is 30.0 Å². The van der Waals surface area contributed by atoms with Crippen LogP contribution in [0.15, 0.2) is 24.3 Å². The van der Waals surface area contributed by atoms with Crippen LogP contribution in [0, 0.1) is 0 Å². The summed E-state index contributed by atoms with van der Waals surface area (Å²) in [6, 6.07) is 7.82. The van der Waals surface area contributed by atoms with E-state index in [-0.39, 0.29) is 22.7 Å². The molecule has 1 aromatic carbocycles. The summed E-state index contributed by atoms with van der Waals surface area (Å²) in [5.41, 5.74) is 2.02. The maximum atomic E-state index is 11.9. The maximum absolute atomic E-state index is 11.9. The molecular weight excluding hydrogens is 306 g/mol. The number of nitrogens with one attached hydrogen (secondary N) is 1. The average molecular weight is 327 g/mol. The van der Waals surface area contributed by atoms with Crippen molar-refractivity contribution in [2.75, 3.05) is 22.6 Å². The standard InChI is InChI=1S/C15H21NO3S2/c1-11(2)12-3-5-13(6-4-12)16-15(17)9-20-14-7-8-21(18,19)10-14/h3-6,11,14H,7-10H2,1-2H3,(H,16,17). The summed E-state index contributed by atoms with van der Waals surface area (Å²) in [6.45, 7) is 4.25. The van der Waals surface area contributed by atoms with Crippen molar-refractivity contribution in [3.63, 3.8) is 0 Å². The first-order valence-corrected chi connectivity index (χ1v) is 9.94. The molecule has 1 saturated heterocycles. The van der Waals surface area contributed by atoms with Gasteiger partial charge in [-0.15, -0.1) is 11.8 Å². The summed E-state index contributed by atoms with van der Waals surface area (Å²) in [5, 5.41) is 2.90. The molecule has 1 aliphatic heterocycles. The first-order valence-electron chi connectivity index (χ1n) is 7.07. The Balaban J connectivity index is 1.79. The lowest BCUT2D eigenvalue weighted by Gasteiger charge is -2.10. The van der Waals surface area contributed by atoms with Crippen molar-refractivity contribution >= 4 is 33.2 Å². The molecule has 116 valence electrons. The number of thioether (sulfide) groups is 1. The molecule has 1 aliphatic rings. The Kier molecular flexibility index (Phi) is 5.32. The fourth-order valence-corrected chi connectivity index (χ4v) is 5.68. The highest BCUT2D eigenvalue weighted by Crippen LogP contribution is 2.24. The van der Waals surface area contributed by atoms with Crippen molar-refractivity contribution < 1.29 is 13.2 Å². The molecular formula is C15H21NO3S2. The molecule has 1 aromatic rings. The van der Waals surface area contributed by atoms with Gasteiger partial charge in [-0.1, -0.05) is 26.0 Å². The summed E-state index contributed by atoms with van der Waals surface area (Å²) < 4.78 is 22.7. The van der Waals surface area contributed by atoms with E-state index in [1.54, 1.807) is 0 Å². The van der Waals surface area contributed by atoms with Gasteiger partial charge in [-0.3, -0.25) is 4.79 Å². The minimum atomic E-state index is -2.87. The Hall–Kier alpha value is -1.01. The van der Waals surface area contributed by atoms with Crippen molar-refractivity contribution in [2.45, 2.75) is 31.4 Å². The molecule has 0 saturated carbocycles. The first kappa shape index (κ1) is 16.4. The van der Waals surface area contributed by atoms with E-state index in [0.717, 1.165) is 5.69 Å². The number of benzene rings is 1. The molecule has 0 spiro atoms. The average Bonchev–Trinajstić information content (AvgIpc) is 2.77. The molecule has 1 heterocycles. The van der Waals surface area contributed by atoms with Gasteiger partial charge in [0.2, 0.25) is 5.91 Å². The molecule has 0 bridgehead atoms. The molecule has 4 nitrogen and oxygen atoms in total. The molecule has 1 N–H and O–H groups in total. The number of hydrogen-bond acceptors (Lipinski definition) is 4. The second kappa shape index (κ2) is 6.83. The van der Waals surface area contributed by atoms with E-state index in [4.69, 9.17) is 0 Å². The van der Waals surface area contributed by atoms with Crippen molar-refractivity contribution in [1.29, 1.82) is 0 Å². The molecule has 2 rings (SSSR count). The Morgan fingerprint density at radius 3 is 2.52 bits per heavy atom. The number of rotatable bonds is 5. The lowest BCUT2D eigenvalue weighted by atomic mass is 10.0. The molecule has 0 aliphatic carbocycles. The minimum absolute atomic E-state index is 0.0593. The van der Waals surface area contributed by atoms with Gasteiger partial charge in [0, 0.05) is 10.9 Å². The van der Waals surface area contributed by atoms with Crippen molar-refractivity contribution in [1.82, 2.24) is 0 Å². The van der Waals surface area contributed by atoms with Crippen LogP contribution in [0.3, 0.4) is 0 Å². The van der Waals surface area contributed by atoms with E-state index < -0.39 is 9.84 Å². The van der Waals surface area contributed by atoms with Crippen LogP contribution in [0.5, 0.6) is 0 Å². The molecule has 1 unspecified atom stereocenters. The van der Waals surface area contributed by atoms with E-state index in [1.165, 1.54) is 17.3 Å². The van der Waals surface area contributed by atoms with Crippen LogP contribution in [-0.4, -0.2) is 36.8 Å². The number of amides is 1. The fraction of sp³-hybridized carbons (Fsp3) is 0.533. The number of sulfone groups is 1. The Bertz CT molecular complexity index is 594. The van der Waals surface area contributed by atoms with Gasteiger partial charge in [0.25, 0.3) is 0 Å². The third kappa shape index (κ3) is 5.04. The van der Waals surface area contributed by atoms with E-state index >= 15 is 0 Å². The third-order valence-corrected chi connectivity index (χ3v) is 6.78. The Morgan fingerprint density at radius 1 is 1.33 bits per heavy atom. The van der Waals surface area contributed by atoms with Crippen LogP contribution >= 0.6 is 11.8 Å². The molecule has 1 atom stereocenters. The first-order chi connectivity index (χ1) is 9.85. The number of hydrogen-bond donors (Lipinski definition) is 1. The zero-order valence-corrected chi connectivity index (χ0v) is 14.0. The van der Waals surface area contributed by atoms with Gasteiger partial charge >= 0.3 is 0 Å². The third-order valence-electron chi connectivity index (χ3n) is 3.50. The zero-order chi connectivity index (χ0) is 15.5. The quantitative estimate of drug-likeness (QED) is 0.903. The lowest BCUT2D eigenvalue weighted by Crippen LogP contribution is -2.17. The second-order valence-electron chi connectivity index (χ2n) is 5.66. The van der Waals surface area contributed by atoms with E-state index in [1.807, 2.05) is 24.3 Å². The summed E-state index contributed by atoms with van der Waals surface area (Å²) in [7, 11) is -2.87. The van der Waals surface area contributed by atoms with Crippen molar-refractivity contribution in [2.24, 2.45) is 0 Å². The predicted octanol–water partition coefficient (Wildman–Crippen LogP) is 2.67. The van der Waals surface area contributed by atoms with Crippen LogP contribution < -0.4 is 5.32 Å². The lowest BCUT2D eigenvalue weighted by molar-refractivity contribution is -0.113. The van der Waals surface area contributed by atoms with Gasteiger partial charge < -0.3 is 5.32 Å². The van der Waals surface area contributed by atoms with Crippen LogP contribution in [0.25, 0.3) is 0 Å². The number of carbonyl (C=O) groups is 1. The summed E-state index contributed by atoms with van der Waals surface area (Å²) >= 11 is 1.43. The highest BCUT2D eigenvalue weighted by Gasteiger charge is 2.28. The van der Waals surface area contributed by atoms with Crippen LogP contribution in [0.1, 0.15) is 31.7 Å². The highest BCUT2D eigenvalue weighted by atomic mass is 32.2. The molecule has 0 aromatic heterocycles. The summed E-state index contributed by atoms with van der Waals surface area (Å²) in [5.74, 6) is 1.14. The Morgan fingerprint density at radius 2 is 2.00 bits per heavy atom. The van der Waals surface area contributed by atoms with E-state index in [0.29, 0.717) is 18.1 Å². The minimum Gasteiger partial charge on any atom is -0.325 e. The van der Waals surface area contributed by atoms with Crippen LogP contribution in [0.4, 0.5) is 5.69 Å². The zero-order valence-electron chi connectivity index (χ0n) is 12.3. The monoisotopic (exact) mass is 327 g/mol. The van der Waals surface area contributed by atoms with Gasteiger partial charge in [0.1, 0.15) is 0 Å². The SMILES string of the molecule is CC(C)c1ccc(NC(=O)CSC2CCS(=O)(=O)C2)cc1. The molecule has 6 heteroatoms. The number of anilines is 1. The van der Waals surface area contributed by atoms with Gasteiger partial charge in [0.05, 0.1) is 17.3 Å².